The van der Waals surface area contributed by atoms with Gasteiger partial charge in [-0.15, -0.1) is 0 Å². The van der Waals surface area contributed by atoms with Crippen molar-refractivity contribution in [1.29, 1.82) is 0 Å². The third-order valence-electron chi connectivity index (χ3n) is 2.34. The normalized spacial score (nSPS) is 8.50. The van der Waals surface area contributed by atoms with Crippen LogP contribution in [-0.2, 0) is 0 Å². The average molecular weight is 243 g/mol. The highest BCUT2D eigenvalue weighted by Gasteiger charge is 1.99. The maximum Gasteiger partial charge on any atom is 0.0320 e. The number of benzene rings is 2. The van der Waals surface area contributed by atoms with Gasteiger partial charge in [0.15, 0.2) is 0 Å². The van der Waals surface area contributed by atoms with E-state index in [0.29, 0.717) is 0 Å². The molecular formula is C17H25N. The zero-order chi connectivity index (χ0) is 14.0. The molecule has 0 fully saturated rings. The lowest BCUT2D eigenvalue weighted by Gasteiger charge is -2.05. The van der Waals surface area contributed by atoms with Crippen molar-refractivity contribution in [2.75, 3.05) is 5.73 Å². The number of aryl methyl sites for hydroxylation is 1. The van der Waals surface area contributed by atoms with Gasteiger partial charge in [-0.2, -0.15) is 0 Å². The van der Waals surface area contributed by atoms with Gasteiger partial charge < -0.3 is 5.73 Å². The van der Waals surface area contributed by atoms with Crippen LogP contribution in [0, 0.1) is 6.92 Å². The zero-order valence-corrected chi connectivity index (χ0v) is 12.2. The quantitative estimate of drug-likeness (QED) is 0.676. The molecule has 0 aliphatic rings. The number of anilines is 1. The van der Waals surface area contributed by atoms with Crippen LogP contribution in [0.15, 0.2) is 48.5 Å². The zero-order valence-electron chi connectivity index (χ0n) is 12.2. The molecule has 0 saturated carbocycles. The Kier molecular flexibility index (Phi) is 8.38. The van der Waals surface area contributed by atoms with Crippen molar-refractivity contribution in [3.8, 4) is 11.1 Å². The predicted octanol–water partition coefficient (Wildman–Crippen LogP) is 5.30. The van der Waals surface area contributed by atoms with Gasteiger partial charge in [0, 0.05) is 5.69 Å². The van der Waals surface area contributed by atoms with Crippen molar-refractivity contribution >= 4 is 5.69 Å². The lowest BCUT2D eigenvalue weighted by atomic mass is 10.0. The van der Waals surface area contributed by atoms with Gasteiger partial charge in [0.25, 0.3) is 0 Å². The molecule has 0 unspecified atom stereocenters. The Morgan fingerprint density at radius 3 is 1.94 bits per heavy atom. The Labute approximate surface area is 112 Å². The summed E-state index contributed by atoms with van der Waals surface area (Å²) in [6.07, 6.45) is 0. The van der Waals surface area contributed by atoms with Crippen LogP contribution < -0.4 is 5.73 Å². The minimum absolute atomic E-state index is 0.811. The molecule has 0 aliphatic heterocycles. The second kappa shape index (κ2) is 9.29. The number of nitrogen functional groups attached to an aromatic ring is 1. The first kappa shape index (κ1) is 16.2. The van der Waals surface area contributed by atoms with E-state index in [1.807, 2.05) is 58.0 Å². The fourth-order valence-electron chi connectivity index (χ4n) is 1.60. The molecule has 0 aliphatic carbocycles. The van der Waals surface area contributed by atoms with Gasteiger partial charge in [-0.1, -0.05) is 64.1 Å². The van der Waals surface area contributed by atoms with Crippen molar-refractivity contribution in [3.63, 3.8) is 0 Å². The fourth-order valence-corrected chi connectivity index (χ4v) is 1.60. The molecule has 0 aromatic heterocycles. The summed E-state index contributed by atoms with van der Waals surface area (Å²) in [5.41, 5.74) is 10.3. The van der Waals surface area contributed by atoms with E-state index in [4.69, 9.17) is 5.73 Å². The number of rotatable bonds is 1. The maximum atomic E-state index is 5.75. The first-order valence-electron chi connectivity index (χ1n) is 6.69. The highest BCUT2D eigenvalue weighted by molar-refractivity contribution is 5.70. The summed E-state index contributed by atoms with van der Waals surface area (Å²) in [5.74, 6) is 0. The molecule has 0 heterocycles. The summed E-state index contributed by atoms with van der Waals surface area (Å²) < 4.78 is 0. The largest absolute Gasteiger partial charge is 0.399 e. The monoisotopic (exact) mass is 243 g/mol. The molecular weight excluding hydrogens is 218 g/mol. The van der Waals surface area contributed by atoms with Crippen molar-refractivity contribution in [2.24, 2.45) is 0 Å². The summed E-state index contributed by atoms with van der Waals surface area (Å²) in [4.78, 5) is 0. The van der Waals surface area contributed by atoms with Gasteiger partial charge in [-0.25, -0.2) is 0 Å². The molecule has 0 spiro atoms. The first-order chi connectivity index (χ1) is 8.77. The molecule has 0 radical (unpaired) electrons. The third kappa shape index (κ3) is 4.62. The van der Waals surface area contributed by atoms with Gasteiger partial charge in [-0.05, 0) is 35.7 Å². The standard InChI is InChI=1S/C13H13N.2C2H6/c1-10-5-2-3-8-13(10)11-6-4-7-12(14)9-11;2*1-2/h2-9H,14H2,1H3;2*1-2H3. The van der Waals surface area contributed by atoms with Crippen LogP contribution in [-0.4, -0.2) is 0 Å². The Hall–Kier alpha value is -1.76. The van der Waals surface area contributed by atoms with E-state index in [2.05, 4.69) is 25.1 Å². The molecule has 0 bridgehead atoms. The minimum atomic E-state index is 0.811. The molecule has 2 aromatic rings. The van der Waals surface area contributed by atoms with Crippen molar-refractivity contribution in [2.45, 2.75) is 34.6 Å². The molecule has 1 nitrogen and oxygen atoms in total. The van der Waals surface area contributed by atoms with E-state index in [0.717, 1.165) is 5.69 Å². The van der Waals surface area contributed by atoms with Crippen LogP contribution in [0.25, 0.3) is 11.1 Å². The maximum absolute atomic E-state index is 5.75. The van der Waals surface area contributed by atoms with Gasteiger partial charge in [0.2, 0.25) is 0 Å². The fraction of sp³-hybridized carbons (Fsp3) is 0.294. The van der Waals surface area contributed by atoms with Gasteiger partial charge >= 0.3 is 0 Å². The molecule has 2 rings (SSSR count). The Bertz CT molecular complexity index is 447. The highest BCUT2D eigenvalue weighted by Crippen LogP contribution is 2.24. The summed E-state index contributed by atoms with van der Waals surface area (Å²) in [6.45, 7) is 10.1. The van der Waals surface area contributed by atoms with Crippen molar-refractivity contribution in [3.05, 3.63) is 54.1 Å². The van der Waals surface area contributed by atoms with Crippen molar-refractivity contribution in [1.82, 2.24) is 0 Å². The third-order valence-corrected chi connectivity index (χ3v) is 2.34. The van der Waals surface area contributed by atoms with Crippen molar-refractivity contribution < 1.29 is 0 Å². The second-order valence-electron chi connectivity index (χ2n) is 3.44. The van der Waals surface area contributed by atoms with E-state index in [9.17, 15) is 0 Å². The Morgan fingerprint density at radius 2 is 1.39 bits per heavy atom. The minimum Gasteiger partial charge on any atom is -0.399 e. The van der Waals surface area contributed by atoms with Gasteiger partial charge in [0.05, 0.1) is 0 Å². The molecule has 1 heteroatoms. The Balaban J connectivity index is 0.000000659. The molecule has 0 atom stereocenters. The lowest BCUT2D eigenvalue weighted by molar-refractivity contribution is 1.46. The second-order valence-corrected chi connectivity index (χ2v) is 3.44. The SMILES string of the molecule is CC.CC.Cc1ccccc1-c1cccc(N)c1. The molecule has 2 aromatic carbocycles. The van der Waals surface area contributed by atoms with Crippen LogP contribution >= 0.6 is 0 Å². The summed E-state index contributed by atoms with van der Waals surface area (Å²) in [5, 5.41) is 0. The number of nitrogens with two attached hydrogens (primary N) is 1. The Morgan fingerprint density at radius 1 is 0.778 bits per heavy atom. The van der Waals surface area contributed by atoms with E-state index in [1.165, 1.54) is 16.7 Å². The summed E-state index contributed by atoms with van der Waals surface area (Å²) in [7, 11) is 0. The van der Waals surface area contributed by atoms with Crippen LogP contribution in [0.3, 0.4) is 0 Å². The highest BCUT2D eigenvalue weighted by atomic mass is 14.5. The van der Waals surface area contributed by atoms with Crippen LogP contribution in [0.4, 0.5) is 5.69 Å². The molecule has 98 valence electrons. The molecule has 0 saturated heterocycles. The molecule has 0 amide bonds. The average Bonchev–Trinajstić information content (AvgIpc) is 2.44. The molecule has 18 heavy (non-hydrogen) atoms. The van der Waals surface area contributed by atoms with Gasteiger partial charge in [-0.3, -0.25) is 0 Å². The van der Waals surface area contributed by atoms with Gasteiger partial charge in [0.1, 0.15) is 0 Å². The van der Waals surface area contributed by atoms with Crippen LogP contribution in [0.2, 0.25) is 0 Å². The van der Waals surface area contributed by atoms with E-state index in [-0.39, 0.29) is 0 Å². The predicted molar refractivity (Wildman–Crippen MR) is 83.7 cm³/mol. The van der Waals surface area contributed by atoms with Crippen LogP contribution in [0.1, 0.15) is 33.3 Å². The lowest BCUT2D eigenvalue weighted by Crippen LogP contribution is -1.86. The molecule has 2 N–H and O–H groups in total. The smallest absolute Gasteiger partial charge is 0.0320 e. The van der Waals surface area contributed by atoms with E-state index >= 15 is 0 Å². The van der Waals surface area contributed by atoms with Crippen LogP contribution in [0.5, 0.6) is 0 Å². The number of hydrogen-bond acceptors (Lipinski definition) is 1. The number of hydrogen-bond donors (Lipinski definition) is 1. The van der Waals surface area contributed by atoms with E-state index in [1.54, 1.807) is 0 Å². The topological polar surface area (TPSA) is 26.0 Å². The summed E-state index contributed by atoms with van der Waals surface area (Å²) >= 11 is 0. The first-order valence-corrected chi connectivity index (χ1v) is 6.69. The summed E-state index contributed by atoms with van der Waals surface area (Å²) in [6, 6.07) is 16.3. The van der Waals surface area contributed by atoms with E-state index < -0.39 is 0 Å².